The molecule has 3 rings (SSSR count). The predicted octanol–water partition coefficient (Wildman–Crippen LogP) is 3.41. The van der Waals surface area contributed by atoms with E-state index in [0.717, 1.165) is 17.0 Å². The van der Waals surface area contributed by atoms with Gasteiger partial charge in [0.1, 0.15) is 5.76 Å². The van der Waals surface area contributed by atoms with E-state index in [0.29, 0.717) is 23.7 Å². The zero-order valence-electron chi connectivity index (χ0n) is 17.6. The Labute approximate surface area is 181 Å². The molecule has 2 aromatic heterocycles. The highest BCUT2D eigenvalue weighted by molar-refractivity contribution is 7.98. The Hall–Kier alpha value is -2.23. The number of benzene rings is 1. The Bertz CT molecular complexity index is 1140. The van der Waals surface area contributed by atoms with Crippen LogP contribution in [0.4, 0.5) is 0 Å². The highest BCUT2D eigenvalue weighted by Gasteiger charge is 2.19. The van der Waals surface area contributed by atoms with E-state index in [1.807, 2.05) is 40.0 Å². The summed E-state index contributed by atoms with van der Waals surface area (Å²) in [5.74, 6) is 2.31. The number of rotatable bonds is 9. The summed E-state index contributed by atoms with van der Waals surface area (Å²) >= 11 is 1.59. The van der Waals surface area contributed by atoms with Gasteiger partial charge in [0, 0.05) is 30.6 Å². The zero-order valence-corrected chi connectivity index (χ0v) is 19.2. The molecule has 1 N–H and O–H groups in total. The molecule has 2 heterocycles. The van der Waals surface area contributed by atoms with Crippen LogP contribution in [0.5, 0.6) is 0 Å². The molecule has 0 atom stereocenters. The van der Waals surface area contributed by atoms with Crippen molar-refractivity contribution in [2.75, 3.05) is 12.3 Å². The number of furan rings is 1. The molecule has 0 aliphatic heterocycles. The van der Waals surface area contributed by atoms with Gasteiger partial charge in [-0.3, -0.25) is 9.48 Å². The van der Waals surface area contributed by atoms with Crippen molar-refractivity contribution in [3.05, 3.63) is 70.0 Å². The molecule has 1 aromatic carbocycles. The number of sulfonamides is 1. The average Bonchev–Trinajstić information content (AvgIpc) is 3.28. The Morgan fingerprint density at radius 2 is 1.87 bits per heavy atom. The minimum Gasteiger partial charge on any atom is -0.468 e. The maximum absolute atomic E-state index is 12.8. The third kappa shape index (κ3) is 4.74. The third-order valence-electron chi connectivity index (χ3n) is 4.93. The lowest BCUT2D eigenvalue weighted by molar-refractivity contribution is 0.530. The lowest BCUT2D eigenvalue weighted by Crippen LogP contribution is -2.26. The first kappa shape index (κ1) is 22.5. The molecule has 0 spiro atoms. The molecule has 30 heavy (non-hydrogen) atoms. The third-order valence-corrected chi connectivity index (χ3v) is 7.39. The molecule has 7 nitrogen and oxygen atoms in total. The lowest BCUT2D eigenvalue weighted by atomic mass is 10.0. The summed E-state index contributed by atoms with van der Waals surface area (Å²) in [6.07, 6.45) is 1.62. The van der Waals surface area contributed by atoms with E-state index in [1.54, 1.807) is 39.5 Å². The van der Waals surface area contributed by atoms with Crippen LogP contribution in [0.25, 0.3) is 5.69 Å². The van der Waals surface area contributed by atoms with Crippen LogP contribution in [0, 0.1) is 6.92 Å². The Morgan fingerprint density at radius 3 is 2.43 bits per heavy atom. The van der Waals surface area contributed by atoms with Crippen molar-refractivity contribution in [3.8, 4) is 5.69 Å². The summed E-state index contributed by atoms with van der Waals surface area (Å²) in [4.78, 5) is 13.0. The van der Waals surface area contributed by atoms with E-state index in [-0.39, 0.29) is 16.4 Å². The standard InChI is InChI=1S/C21H27N3O4S2/c1-15(2)20-16(3)23(4)24(21(20)25)17-7-9-19(10-8-17)30(26,27)22-11-13-29-14-18-6-5-12-28-18/h5-10,12,15,22H,11,13-14H2,1-4H3. The van der Waals surface area contributed by atoms with Crippen molar-refractivity contribution in [3.63, 3.8) is 0 Å². The molecular weight excluding hydrogens is 422 g/mol. The second-order valence-corrected chi connectivity index (χ2v) is 10.2. The molecule has 3 aromatic rings. The molecule has 0 saturated carbocycles. The quantitative estimate of drug-likeness (QED) is 0.506. The molecule has 0 radical (unpaired) electrons. The fourth-order valence-corrected chi connectivity index (χ4v) is 5.27. The summed E-state index contributed by atoms with van der Waals surface area (Å²) in [5.41, 5.74) is 2.22. The summed E-state index contributed by atoms with van der Waals surface area (Å²) in [5, 5.41) is 0. The number of nitrogens with zero attached hydrogens (tertiary/aromatic N) is 2. The number of hydrogen-bond donors (Lipinski definition) is 1. The first-order valence-electron chi connectivity index (χ1n) is 9.71. The lowest BCUT2D eigenvalue weighted by Gasteiger charge is -2.10. The van der Waals surface area contributed by atoms with Gasteiger partial charge < -0.3 is 4.42 Å². The highest BCUT2D eigenvalue weighted by Crippen LogP contribution is 2.19. The first-order chi connectivity index (χ1) is 14.2. The van der Waals surface area contributed by atoms with Gasteiger partial charge in [-0.25, -0.2) is 17.8 Å². The Kier molecular flexibility index (Phi) is 6.95. The summed E-state index contributed by atoms with van der Waals surface area (Å²) < 4.78 is 36.3. The Balaban J connectivity index is 1.68. The van der Waals surface area contributed by atoms with Gasteiger partial charge in [-0.1, -0.05) is 13.8 Å². The van der Waals surface area contributed by atoms with Crippen LogP contribution in [-0.2, 0) is 22.8 Å². The maximum atomic E-state index is 12.8. The minimum atomic E-state index is -3.61. The molecule has 0 fully saturated rings. The van der Waals surface area contributed by atoms with Gasteiger partial charge in [0.2, 0.25) is 10.0 Å². The highest BCUT2D eigenvalue weighted by atomic mass is 32.2. The average molecular weight is 450 g/mol. The van der Waals surface area contributed by atoms with Gasteiger partial charge in [0.05, 0.1) is 22.6 Å². The van der Waals surface area contributed by atoms with Crippen LogP contribution >= 0.6 is 11.8 Å². The predicted molar refractivity (Wildman–Crippen MR) is 120 cm³/mol. The van der Waals surface area contributed by atoms with Crippen molar-refractivity contribution in [2.45, 2.75) is 37.3 Å². The largest absolute Gasteiger partial charge is 0.468 e. The topological polar surface area (TPSA) is 86.2 Å². The van der Waals surface area contributed by atoms with E-state index >= 15 is 0 Å². The van der Waals surface area contributed by atoms with Gasteiger partial charge in [-0.2, -0.15) is 11.8 Å². The summed E-state index contributed by atoms with van der Waals surface area (Å²) in [6.45, 7) is 6.22. The molecule has 0 saturated heterocycles. The van der Waals surface area contributed by atoms with E-state index in [2.05, 4.69) is 4.72 Å². The smallest absolute Gasteiger partial charge is 0.275 e. The molecular formula is C21H27N3O4S2. The van der Waals surface area contributed by atoms with Crippen molar-refractivity contribution in [1.29, 1.82) is 0 Å². The minimum absolute atomic E-state index is 0.0766. The van der Waals surface area contributed by atoms with Gasteiger partial charge in [-0.05, 0) is 49.2 Å². The second kappa shape index (κ2) is 9.28. The van der Waals surface area contributed by atoms with Crippen LogP contribution < -0.4 is 10.3 Å². The number of nitrogens with one attached hydrogen (secondary N) is 1. The van der Waals surface area contributed by atoms with Crippen molar-refractivity contribution >= 4 is 21.8 Å². The van der Waals surface area contributed by atoms with Crippen LogP contribution in [0.1, 0.15) is 36.8 Å². The van der Waals surface area contributed by atoms with E-state index < -0.39 is 10.0 Å². The summed E-state index contributed by atoms with van der Waals surface area (Å²) in [7, 11) is -1.78. The molecule has 0 bridgehead atoms. The molecule has 162 valence electrons. The van der Waals surface area contributed by atoms with Gasteiger partial charge >= 0.3 is 0 Å². The maximum Gasteiger partial charge on any atom is 0.275 e. The van der Waals surface area contributed by atoms with E-state index in [1.165, 1.54) is 12.1 Å². The van der Waals surface area contributed by atoms with Crippen molar-refractivity contribution in [2.24, 2.45) is 7.05 Å². The van der Waals surface area contributed by atoms with Crippen molar-refractivity contribution < 1.29 is 12.8 Å². The molecule has 0 unspecified atom stereocenters. The monoisotopic (exact) mass is 449 g/mol. The molecule has 0 aliphatic rings. The van der Waals surface area contributed by atoms with Crippen LogP contribution in [-0.4, -0.2) is 30.1 Å². The van der Waals surface area contributed by atoms with Gasteiger partial charge in [-0.15, -0.1) is 0 Å². The number of aromatic nitrogens is 2. The molecule has 0 aliphatic carbocycles. The van der Waals surface area contributed by atoms with Crippen LogP contribution in [0.15, 0.2) is 56.8 Å². The fourth-order valence-electron chi connectivity index (χ4n) is 3.35. The molecule has 9 heteroatoms. The van der Waals surface area contributed by atoms with Gasteiger partial charge in [0.15, 0.2) is 0 Å². The van der Waals surface area contributed by atoms with Crippen LogP contribution in [0.3, 0.4) is 0 Å². The molecule has 0 amide bonds. The Morgan fingerprint density at radius 1 is 1.17 bits per heavy atom. The zero-order chi connectivity index (χ0) is 21.9. The van der Waals surface area contributed by atoms with E-state index in [9.17, 15) is 13.2 Å². The second-order valence-electron chi connectivity index (χ2n) is 7.32. The summed E-state index contributed by atoms with van der Waals surface area (Å²) in [6, 6.07) is 10.1. The van der Waals surface area contributed by atoms with Crippen LogP contribution in [0.2, 0.25) is 0 Å². The van der Waals surface area contributed by atoms with Crippen molar-refractivity contribution in [1.82, 2.24) is 14.1 Å². The SMILES string of the molecule is Cc1c(C(C)C)c(=O)n(-c2ccc(S(=O)(=O)NCCSCc3ccco3)cc2)n1C. The van der Waals surface area contributed by atoms with Gasteiger partial charge in [0.25, 0.3) is 5.56 Å². The van der Waals surface area contributed by atoms with E-state index in [4.69, 9.17) is 4.42 Å². The number of thioether (sulfide) groups is 1. The number of hydrogen-bond acceptors (Lipinski definition) is 5. The normalized spacial score (nSPS) is 12.0. The first-order valence-corrected chi connectivity index (χ1v) is 12.3. The fraction of sp³-hybridized carbons (Fsp3) is 0.381.